The van der Waals surface area contributed by atoms with Crippen molar-refractivity contribution in [1.82, 2.24) is 25.5 Å². The van der Waals surface area contributed by atoms with Gasteiger partial charge < -0.3 is 18.9 Å². The summed E-state index contributed by atoms with van der Waals surface area (Å²) in [4.78, 5) is 30.1. The third-order valence-electron chi connectivity index (χ3n) is 5.37. The molecule has 11 nitrogen and oxygen atoms in total. The first-order valence-electron chi connectivity index (χ1n) is 11.7. The molecule has 3 aromatic heterocycles. The lowest BCUT2D eigenvalue weighted by Gasteiger charge is -2.33. The van der Waals surface area contributed by atoms with E-state index in [0.717, 1.165) is 10.4 Å². The number of tetrazole rings is 1. The van der Waals surface area contributed by atoms with Gasteiger partial charge in [0.15, 0.2) is 11.8 Å². The summed E-state index contributed by atoms with van der Waals surface area (Å²) in [5.41, 5.74) is 0.717. The maximum atomic E-state index is 13.9. The van der Waals surface area contributed by atoms with Gasteiger partial charge in [-0.3, -0.25) is 14.5 Å². The molecule has 0 fully saturated rings. The number of methoxy groups -OCH3 is 1. The third-order valence-corrected chi connectivity index (χ3v) is 5.37. The molecule has 37 heavy (non-hydrogen) atoms. The van der Waals surface area contributed by atoms with Gasteiger partial charge in [-0.05, 0) is 81.8 Å². The number of benzene rings is 1. The lowest BCUT2D eigenvalue weighted by molar-refractivity contribution is -0.128. The van der Waals surface area contributed by atoms with Crippen LogP contribution >= 0.6 is 0 Å². The summed E-state index contributed by atoms with van der Waals surface area (Å²) in [5, 5.41) is 15.3. The SMILES string of the molecule is COc1ccc(C)cc1N(C(=O)Cn1nnc(-c2ccc(C)o2)n1)[C@H](C(=O)NC(C)(C)C)c1ccco1. The molecule has 1 N–H and O–H groups in total. The molecule has 0 aliphatic rings. The predicted molar refractivity (Wildman–Crippen MR) is 135 cm³/mol. The average Bonchev–Trinajstić information content (AvgIpc) is 3.58. The fourth-order valence-electron chi connectivity index (χ4n) is 3.82. The standard InChI is InChI=1S/C26H30N6O5/c1-16-9-11-19(35-6)18(14-16)32(23(20-8-7-13-36-20)25(34)27-26(3,4)5)22(33)15-31-29-24(28-30-31)21-12-10-17(2)37-21/h7-14,23H,15H2,1-6H3,(H,27,34)/t23-/m0/s1. The molecule has 3 heterocycles. The highest BCUT2D eigenvalue weighted by molar-refractivity contribution is 6.02. The van der Waals surface area contributed by atoms with E-state index in [4.69, 9.17) is 13.6 Å². The first kappa shape index (κ1) is 25.7. The van der Waals surface area contributed by atoms with Crippen molar-refractivity contribution in [3.63, 3.8) is 0 Å². The van der Waals surface area contributed by atoms with Crippen molar-refractivity contribution in [3.05, 3.63) is 65.8 Å². The van der Waals surface area contributed by atoms with Gasteiger partial charge in [0, 0.05) is 5.54 Å². The zero-order valence-electron chi connectivity index (χ0n) is 21.7. The number of hydrogen-bond donors (Lipinski definition) is 1. The zero-order chi connectivity index (χ0) is 26.7. The maximum Gasteiger partial charge on any atom is 0.251 e. The van der Waals surface area contributed by atoms with E-state index in [1.54, 1.807) is 36.4 Å². The summed E-state index contributed by atoms with van der Waals surface area (Å²) in [6, 6.07) is 11.1. The molecular formula is C26H30N6O5. The minimum absolute atomic E-state index is 0.244. The van der Waals surface area contributed by atoms with Gasteiger partial charge in [-0.1, -0.05) is 6.07 Å². The number of furan rings is 2. The lowest BCUT2D eigenvalue weighted by atomic mass is 10.0. The summed E-state index contributed by atoms with van der Waals surface area (Å²) in [5.74, 6) is 1.19. The summed E-state index contributed by atoms with van der Waals surface area (Å²) in [7, 11) is 1.50. The molecule has 4 aromatic rings. The van der Waals surface area contributed by atoms with Crippen LogP contribution in [0.25, 0.3) is 11.6 Å². The molecule has 1 aromatic carbocycles. The number of carbonyl (C=O) groups is 2. The Bertz CT molecular complexity index is 1380. The van der Waals surface area contributed by atoms with E-state index < -0.39 is 23.4 Å². The molecule has 0 radical (unpaired) electrons. The Labute approximate surface area is 214 Å². The molecule has 0 aliphatic heterocycles. The number of nitrogens with one attached hydrogen (secondary N) is 1. The monoisotopic (exact) mass is 506 g/mol. The van der Waals surface area contributed by atoms with Crippen molar-refractivity contribution in [2.24, 2.45) is 0 Å². The second kappa shape index (κ2) is 10.3. The number of aryl methyl sites for hydroxylation is 2. The average molecular weight is 507 g/mol. The highest BCUT2D eigenvalue weighted by atomic mass is 16.5. The molecule has 0 saturated carbocycles. The Morgan fingerprint density at radius 1 is 1.16 bits per heavy atom. The van der Waals surface area contributed by atoms with Gasteiger partial charge in [-0.2, -0.15) is 4.80 Å². The van der Waals surface area contributed by atoms with Crippen molar-refractivity contribution in [2.75, 3.05) is 12.0 Å². The number of carbonyl (C=O) groups excluding carboxylic acids is 2. The Morgan fingerprint density at radius 2 is 1.95 bits per heavy atom. The molecule has 1 atom stereocenters. The topological polar surface area (TPSA) is 129 Å². The fraction of sp³-hybridized carbons (Fsp3) is 0.346. The maximum absolute atomic E-state index is 13.9. The van der Waals surface area contributed by atoms with Crippen LogP contribution in [0.3, 0.4) is 0 Å². The molecule has 0 bridgehead atoms. The minimum atomic E-state index is -1.13. The van der Waals surface area contributed by atoms with Crippen molar-refractivity contribution in [1.29, 1.82) is 0 Å². The Morgan fingerprint density at radius 3 is 2.57 bits per heavy atom. The molecule has 0 spiro atoms. The minimum Gasteiger partial charge on any atom is -0.495 e. The summed E-state index contributed by atoms with van der Waals surface area (Å²) < 4.78 is 16.8. The summed E-state index contributed by atoms with van der Waals surface area (Å²) >= 11 is 0. The third kappa shape index (κ3) is 5.88. The Balaban J connectivity index is 1.77. The number of ether oxygens (including phenoxy) is 1. The van der Waals surface area contributed by atoms with Gasteiger partial charge in [0.2, 0.25) is 5.82 Å². The van der Waals surface area contributed by atoms with Crippen LogP contribution in [0.5, 0.6) is 5.75 Å². The molecule has 0 saturated heterocycles. The quantitative estimate of drug-likeness (QED) is 0.382. The zero-order valence-corrected chi connectivity index (χ0v) is 21.7. The Hall–Kier alpha value is -4.41. The second-order valence-corrected chi connectivity index (χ2v) is 9.65. The van der Waals surface area contributed by atoms with Gasteiger partial charge in [0.1, 0.15) is 23.8 Å². The largest absolute Gasteiger partial charge is 0.495 e. The normalized spacial score (nSPS) is 12.3. The highest BCUT2D eigenvalue weighted by Gasteiger charge is 2.38. The smallest absolute Gasteiger partial charge is 0.251 e. The highest BCUT2D eigenvalue weighted by Crippen LogP contribution is 2.36. The van der Waals surface area contributed by atoms with E-state index in [0.29, 0.717) is 23.0 Å². The van der Waals surface area contributed by atoms with Crippen molar-refractivity contribution >= 4 is 17.5 Å². The fourth-order valence-corrected chi connectivity index (χ4v) is 3.82. The van der Waals surface area contributed by atoms with Crippen LogP contribution in [0.15, 0.2) is 57.6 Å². The van der Waals surface area contributed by atoms with Gasteiger partial charge in [-0.25, -0.2) is 0 Å². The number of aromatic nitrogens is 4. The van der Waals surface area contributed by atoms with Crippen LogP contribution in [0, 0.1) is 13.8 Å². The summed E-state index contributed by atoms with van der Waals surface area (Å²) in [6.07, 6.45) is 1.46. The van der Waals surface area contributed by atoms with Crippen molar-refractivity contribution < 1.29 is 23.2 Å². The molecule has 11 heteroatoms. The number of anilines is 1. The van der Waals surface area contributed by atoms with Crippen LogP contribution < -0.4 is 15.0 Å². The number of nitrogens with zero attached hydrogens (tertiary/aromatic N) is 5. The summed E-state index contributed by atoms with van der Waals surface area (Å²) in [6.45, 7) is 8.98. The molecular weight excluding hydrogens is 476 g/mol. The van der Waals surface area contributed by atoms with Gasteiger partial charge in [0.05, 0.1) is 19.1 Å². The first-order chi connectivity index (χ1) is 17.6. The Kier molecular flexibility index (Phi) is 7.14. The number of hydrogen-bond acceptors (Lipinski definition) is 8. The predicted octanol–water partition coefficient (Wildman–Crippen LogP) is 3.84. The van der Waals surface area contributed by atoms with E-state index in [1.807, 2.05) is 40.7 Å². The second-order valence-electron chi connectivity index (χ2n) is 9.65. The van der Waals surface area contributed by atoms with Crippen LogP contribution in [-0.4, -0.2) is 44.7 Å². The van der Waals surface area contributed by atoms with Crippen LogP contribution in [0.4, 0.5) is 5.69 Å². The molecule has 2 amide bonds. The van der Waals surface area contributed by atoms with Gasteiger partial charge in [-0.15, -0.1) is 10.2 Å². The van der Waals surface area contributed by atoms with Crippen LogP contribution in [-0.2, 0) is 16.1 Å². The number of amides is 2. The molecule has 0 unspecified atom stereocenters. The first-order valence-corrected chi connectivity index (χ1v) is 11.7. The van der Waals surface area contributed by atoms with E-state index in [1.165, 1.54) is 18.3 Å². The van der Waals surface area contributed by atoms with Crippen LogP contribution in [0.2, 0.25) is 0 Å². The molecule has 0 aliphatic carbocycles. The van der Waals surface area contributed by atoms with Crippen molar-refractivity contribution in [3.8, 4) is 17.3 Å². The van der Waals surface area contributed by atoms with Gasteiger partial charge >= 0.3 is 0 Å². The van der Waals surface area contributed by atoms with E-state index in [-0.39, 0.29) is 18.1 Å². The molecule has 4 rings (SSSR count). The number of rotatable bonds is 8. The lowest BCUT2D eigenvalue weighted by Crippen LogP contribution is -2.50. The van der Waals surface area contributed by atoms with Crippen molar-refractivity contribution in [2.45, 2.75) is 52.7 Å². The van der Waals surface area contributed by atoms with E-state index >= 15 is 0 Å². The van der Waals surface area contributed by atoms with Gasteiger partial charge in [0.25, 0.3) is 11.8 Å². The van der Waals surface area contributed by atoms with Crippen LogP contribution in [0.1, 0.15) is 43.9 Å². The van der Waals surface area contributed by atoms with E-state index in [9.17, 15) is 9.59 Å². The molecule has 194 valence electrons. The van der Waals surface area contributed by atoms with E-state index in [2.05, 4.69) is 20.7 Å².